The lowest BCUT2D eigenvalue weighted by atomic mass is 10.1. The van der Waals surface area contributed by atoms with Crippen molar-refractivity contribution in [3.63, 3.8) is 0 Å². The second-order valence-corrected chi connectivity index (χ2v) is 7.80. The van der Waals surface area contributed by atoms with Crippen molar-refractivity contribution in [1.82, 2.24) is 9.88 Å². The molecule has 0 aliphatic carbocycles. The number of anilines is 1. The van der Waals surface area contributed by atoms with Crippen molar-refractivity contribution in [3.8, 4) is 17.6 Å². The number of ether oxygens (including phenoxy) is 2. The maximum absolute atomic E-state index is 12.9. The third-order valence-corrected chi connectivity index (χ3v) is 5.50. The van der Waals surface area contributed by atoms with Gasteiger partial charge in [-0.3, -0.25) is 14.4 Å². The Kier molecular flexibility index (Phi) is 7.89. The quantitative estimate of drug-likeness (QED) is 0.518. The summed E-state index contributed by atoms with van der Waals surface area (Å²) in [4.78, 5) is 38.3. The van der Waals surface area contributed by atoms with E-state index in [-0.39, 0.29) is 24.2 Å². The Hall–Kier alpha value is -4.58. The molecule has 3 aromatic rings. The van der Waals surface area contributed by atoms with E-state index in [0.717, 1.165) is 5.56 Å². The number of benzene rings is 2. The fraction of sp³-hybridized carbons (Fsp3) is 0.231. The molecule has 35 heavy (non-hydrogen) atoms. The number of methoxy groups -OCH3 is 2. The van der Waals surface area contributed by atoms with Gasteiger partial charge in [0.15, 0.2) is 0 Å². The van der Waals surface area contributed by atoms with Crippen LogP contribution >= 0.6 is 0 Å². The Balaban J connectivity index is 1.75. The number of hydrogen-bond donors (Lipinski definition) is 2. The van der Waals surface area contributed by atoms with Crippen LogP contribution in [0.1, 0.15) is 32.7 Å². The first-order chi connectivity index (χ1) is 16.8. The molecule has 2 aromatic carbocycles. The van der Waals surface area contributed by atoms with Crippen LogP contribution in [0.4, 0.5) is 5.69 Å². The highest BCUT2D eigenvalue weighted by atomic mass is 16.5. The zero-order chi connectivity index (χ0) is 25.5. The molecule has 9 heteroatoms. The number of rotatable bonds is 8. The van der Waals surface area contributed by atoms with Crippen LogP contribution in [-0.2, 0) is 17.9 Å². The summed E-state index contributed by atoms with van der Waals surface area (Å²) in [5.74, 6) is 0.311. The van der Waals surface area contributed by atoms with Crippen LogP contribution in [0.15, 0.2) is 53.3 Å². The Bertz CT molecular complexity index is 1370. The van der Waals surface area contributed by atoms with Gasteiger partial charge in [-0.15, -0.1) is 0 Å². The zero-order valence-electron chi connectivity index (χ0n) is 20.0. The summed E-state index contributed by atoms with van der Waals surface area (Å²) in [7, 11) is 3.09. The van der Waals surface area contributed by atoms with Gasteiger partial charge in [-0.2, -0.15) is 5.26 Å². The molecule has 0 saturated carbocycles. The highest BCUT2D eigenvalue weighted by Crippen LogP contribution is 2.24. The van der Waals surface area contributed by atoms with E-state index in [0.29, 0.717) is 28.4 Å². The fourth-order valence-corrected chi connectivity index (χ4v) is 3.65. The van der Waals surface area contributed by atoms with Gasteiger partial charge in [0.25, 0.3) is 11.5 Å². The van der Waals surface area contributed by atoms with Crippen LogP contribution in [0.3, 0.4) is 0 Å². The van der Waals surface area contributed by atoms with Crippen LogP contribution < -0.4 is 25.7 Å². The predicted molar refractivity (Wildman–Crippen MR) is 131 cm³/mol. The molecule has 0 aliphatic heterocycles. The highest BCUT2D eigenvalue weighted by Gasteiger charge is 2.17. The number of pyridine rings is 1. The van der Waals surface area contributed by atoms with Crippen LogP contribution in [0.25, 0.3) is 0 Å². The molecule has 2 N–H and O–H groups in total. The van der Waals surface area contributed by atoms with E-state index in [4.69, 9.17) is 9.47 Å². The number of nitrogens with zero attached hydrogens (tertiary/aromatic N) is 2. The van der Waals surface area contributed by atoms with Gasteiger partial charge < -0.3 is 24.7 Å². The zero-order valence-corrected chi connectivity index (χ0v) is 20.0. The summed E-state index contributed by atoms with van der Waals surface area (Å²) >= 11 is 0. The first kappa shape index (κ1) is 25.1. The van der Waals surface area contributed by atoms with Crippen molar-refractivity contribution in [2.75, 3.05) is 19.5 Å². The molecule has 9 nitrogen and oxygen atoms in total. The minimum atomic E-state index is -0.528. The molecule has 0 radical (unpaired) electrons. The van der Waals surface area contributed by atoms with E-state index in [9.17, 15) is 19.6 Å². The lowest BCUT2D eigenvalue weighted by Crippen LogP contribution is -2.32. The molecule has 0 aliphatic rings. The van der Waals surface area contributed by atoms with Gasteiger partial charge >= 0.3 is 0 Å². The normalized spacial score (nSPS) is 10.3. The third-order valence-electron chi connectivity index (χ3n) is 5.50. The maximum Gasteiger partial charge on any atom is 0.269 e. The number of aromatic nitrogens is 1. The predicted octanol–water partition coefficient (Wildman–Crippen LogP) is 2.92. The average Bonchev–Trinajstić information content (AvgIpc) is 2.85. The van der Waals surface area contributed by atoms with E-state index in [1.165, 1.54) is 11.7 Å². The first-order valence-electron chi connectivity index (χ1n) is 10.8. The topological polar surface area (TPSA) is 122 Å². The molecular formula is C26H26N4O5. The second kappa shape index (κ2) is 11.0. The third kappa shape index (κ3) is 5.68. The molecular weight excluding hydrogens is 448 g/mol. The average molecular weight is 475 g/mol. The number of hydrogen-bond acceptors (Lipinski definition) is 6. The summed E-state index contributed by atoms with van der Waals surface area (Å²) in [5.41, 5.74) is 1.90. The number of aryl methyl sites for hydroxylation is 2. The van der Waals surface area contributed by atoms with Gasteiger partial charge in [0.2, 0.25) is 5.91 Å². The molecule has 3 rings (SSSR count). The summed E-state index contributed by atoms with van der Waals surface area (Å²) in [6, 6.07) is 15.4. The van der Waals surface area contributed by atoms with E-state index in [1.54, 1.807) is 69.5 Å². The minimum Gasteiger partial charge on any atom is -0.497 e. The lowest BCUT2D eigenvalue weighted by Gasteiger charge is -2.15. The Morgan fingerprint density at radius 3 is 2.49 bits per heavy atom. The molecule has 0 spiro atoms. The van der Waals surface area contributed by atoms with Crippen LogP contribution in [0, 0.1) is 25.2 Å². The monoisotopic (exact) mass is 474 g/mol. The molecule has 180 valence electrons. The van der Waals surface area contributed by atoms with Crippen molar-refractivity contribution in [2.45, 2.75) is 26.9 Å². The second-order valence-electron chi connectivity index (χ2n) is 7.80. The van der Waals surface area contributed by atoms with Crippen molar-refractivity contribution >= 4 is 17.5 Å². The minimum absolute atomic E-state index is 0.00265. The Morgan fingerprint density at radius 2 is 1.80 bits per heavy atom. The summed E-state index contributed by atoms with van der Waals surface area (Å²) < 4.78 is 11.8. The molecule has 1 aromatic heterocycles. The van der Waals surface area contributed by atoms with Crippen LogP contribution in [0.5, 0.6) is 11.5 Å². The summed E-state index contributed by atoms with van der Waals surface area (Å²) in [6.07, 6.45) is 0. The fourth-order valence-electron chi connectivity index (χ4n) is 3.65. The molecule has 0 bridgehead atoms. The van der Waals surface area contributed by atoms with Gasteiger partial charge in [0.1, 0.15) is 29.7 Å². The molecule has 2 amide bonds. The summed E-state index contributed by atoms with van der Waals surface area (Å²) in [5, 5.41) is 14.8. The van der Waals surface area contributed by atoms with E-state index >= 15 is 0 Å². The standard InChI is InChI=1S/C26H26N4O5/c1-16-11-17(2)30(26(33)21(16)13-27)15-24(31)29-22-8-6-5-7-20(22)25(32)28-14-18-9-10-19(34-3)12-23(18)35-4/h5-12H,14-15H2,1-4H3,(H,28,32)(H,29,31). The Morgan fingerprint density at radius 1 is 1.06 bits per heavy atom. The van der Waals surface area contributed by atoms with E-state index in [1.807, 2.05) is 6.07 Å². The molecule has 1 heterocycles. The maximum atomic E-state index is 12.9. The number of para-hydroxylation sites is 1. The number of nitrogens with one attached hydrogen (secondary N) is 2. The SMILES string of the molecule is COc1ccc(CNC(=O)c2ccccc2NC(=O)Cn2c(C)cc(C)c(C#N)c2=O)c(OC)c1. The highest BCUT2D eigenvalue weighted by molar-refractivity contribution is 6.03. The van der Waals surface area contributed by atoms with E-state index < -0.39 is 17.4 Å². The Labute approximate surface area is 202 Å². The van der Waals surface area contributed by atoms with Gasteiger partial charge in [-0.25, -0.2) is 0 Å². The molecule has 0 saturated heterocycles. The van der Waals surface area contributed by atoms with E-state index in [2.05, 4.69) is 10.6 Å². The van der Waals surface area contributed by atoms with Gasteiger partial charge in [0.05, 0.1) is 25.5 Å². The largest absolute Gasteiger partial charge is 0.497 e. The van der Waals surface area contributed by atoms with Crippen LogP contribution in [-0.4, -0.2) is 30.6 Å². The van der Waals surface area contributed by atoms with Crippen molar-refractivity contribution in [1.29, 1.82) is 5.26 Å². The van der Waals surface area contributed by atoms with Crippen LogP contribution in [0.2, 0.25) is 0 Å². The molecule has 0 fully saturated rings. The molecule has 0 unspecified atom stereocenters. The smallest absolute Gasteiger partial charge is 0.269 e. The number of carbonyl (C=O) groups is 2. The van der Waals surface area contributed by atoms with Crippen molar-refractivity contribution in [2.24, 2.45) is 0 Å². The van der Waals surface area contributed by atoms with Crippen molar-refractivity contribution < 1.29 is 19.1 Å². The first-order valence-corrected chi connectivity index (χ1v) is 10.8. The van der Waals surface area contributed by atoms with Gasteiger partial charge in [0, 0.05) is 23.9 Å². The van der Waals surface area contributed by atoms with Crippen molar-refractivity contribution in [3.05, 3.63) is 86.8 Å². The van der Waals surface area contributed by atoms with Gasteiger partial charge in [-0.1, -0.05) is 12.1 Å². The van der Waals surface area contributed by atoms with Gasteiger partial charge in [-0.05, 0) is 49.7 Å². The number of nitriles is 1. The lowest BCUT2D eigenvalue weighted by molar-refractivity contribution is -0.116. The number of amides is 2. The molecule has 0 atom stereocenters. The number of carbonyl (C=O) groups excluding carboxylic acids is 2. The summed E-state index contributed by atoms with van der Waals surface area (Å²) in [6.45, 7) is 3.27.